The minimum atomic E-state index is -0.794. The Kier molecular flexibility index (Phi) is 1.37. The van der Waals surface area contributed by atoms with Gasteiger partial charge in [-0.2, -0.15) is 0 Å². The van der Waals surface area contributed by atoms with Crippen molar-refractivity contribution in [3.8, 4) is 0 Å². The second-order valence-corrected chi connectivity index (χ2v) is 2.24. The lowest BCUT2D eigenvalue weighted by atomic mass is 10.5. The van der Waals surface area contributed by atoms with Crippen LogP contribution in [0.25, 0.3) is 0 Å². The minimum Gasteiger partial charge on any atom is -0.303 e. The lowest BCUT2D eigenvalue weighted by Gasteiger charge is -2.09. The third-order valence-electron chi connectivity index (χ3n) is 1.59. The smallest absolute Gasteiger partial charge is 0.303 e. The summed E-state index contributed by atoms with van der Waals surface area (Å²) < 4.78 is 0. The van der Waals surface area contributed by atoms with Crippen LogP contribution in [0.5, 0.6) is 0 Å². The highest BCUT2D eigenvalue weighted by Crippen LogP contribution is 2.08. The molecule has 0 bridgehead atoms. The Morgan fingerprint density at radius 2 is 1.90 bits per heavy atom. The lowest BCUT2D eigenvalue weighted by Crippen LogP contribution is -2.39. The average Bonchev–Trinajstić information content (AvgIpc) is 2.07. The molecule has 0 aromatic carbocycles. The number of likely N-dealkylation sites (N-methyl/N-ethyl adjacent to an activating group) is 2. The van der Waals surface area contributed by atoms with Crippen LogP contribution in [-0.4, -0.2) is 42.0 Å². The minimum absolute atomic E-state index is 0.350. The molecule has 0 aliphatic carbocycles. The number of urea groups is 1. The largest absolute Gasteiger partial charge is 0.327 e. The highest BCUT2D eigenvalue weighted by atomic mass is 16.2. The van der Waals surface area contributed by atoms with Gasteiger partial charge in [-0.15, -0.1) is 0 Å². The van der Waals surface area contributed by atoms with Gasteiger partial charge in [0.05, 0.1) is 0 Å². The van der Waals surface area contributed by atoms with E-state index in [4.69, 9.17) is 5.73 Å². The Morgan fingerprint density at radius 3 is 2.00 bits per heavy atom. The van der Waals surface area contributed by atoms with Crippen molar-refractivity contribution in [1.29, 1.82) is 0 Å². The van der Waals surface area contributed by atoms with Crippen LogP contribution in [0.1, 0.15) is 0 Å². The monoisotopic (exact) mass is 143 g/mol. The lowest BCUT2D eigenvalue weighted by molar-refractivity contribution is -0.127. The first kappa shape index (κ1) is 7.01. The Labute approximate surface area is 58.4 Å². The van der Waals surface area contributed by atoms with Gasteiger partial charge in [0.25, 0.3) is 5.91 Å². The number of rotatable bonds is 0. The average molecular weight is 143 g/mol. The zero-order chi connectivity index (χ0) is 7.89. The van der Waals surface area contributed by atoms with Crippen LogP contribution in [0.3, 0.4) is 0 Å². The maximum atomic E-state index is 10.9. The van der Waals surface area contributed by atoms with E-state index in [2.05, 4.69) is 0 Å². The number of nitrogens with two attached hydrogens (primary N) is 1. The molecule has 0 aromatic rings. The fourth-order valence-electron chi connectivity index (χ4n) is 0.814. The van der Waals surface area contributed by atoms with E-state index in [1.807, 2.05) is 0 Å². The van der Waals surface area contributed by atoms with Crippen LogP contribution in [0.2, 0.25) is 0 Å². The molecule has 1 heterocycles. The zero-order valence-electron chi connectivity index (χ0n) is 5.87. The van der Waals surface area contributed by atoms with Crippen molar-refractivity contribution in [2.24, 2.45) is 5.73 Å². The Hall–Kier alpha value is -1.10. The molecule has 1 aliphatic rings. The van der Waals surface area contributed by atoms with Crippen molar-refractivity contribution in [1.82, 2.24) is 9.80 Å². The van der Waals surface area contributed by atoms with E-state index in [9.17, 15) is 9.59 Å². The van der Waals surface area contributed by atoms with Crippen molar-refractivity contribution in [3.05, 3.63) is 0 Å². The van der Waals surface area contributed by atoms with E-state index < -0.39 is 6.17 Å². The standard InChI is InChI=1S/C5H9N3O2/c1-7-3(6)4(9)8(2)5(7)10/h3H,6H2,1-2H3. The number of hydrogen-bond acceptors (Lipinski definition) is 3. The summed E-state index contributed by atoms with van der Waals surface area (Å²) in [7, 11) is 2.91. The summed E-state index contributed by atoms with van der Waals surface area (Å²) >= 11 is 0. The summed E-state index contributed by atoms with van der Waals surface area (Å²) in [6.07, 6.45) is -0.794. The third kappa shape index (κ3) is 0.672. The molecular weight excluding hydrogens is 134 g/mol. The van der Waals surface area contributed by atoms with Crippen LogP contribution >= 0.6 is 0 Å². The predicted octanol–water partition coefficient (Wildman–Crippen LogP) is -1.20. The van der Waals surface area contributed by atoms with Gasteiger partial charge >= 0.3 is 6.03 Å². The summed E-state index contributed by atoms with van der Waals surface area (Å²) in [6.45, 7) is 0. The Bertz CT molecular complexity index is 171. The molecule has 1 aliphatic heterocycles. The van der Waals surface area contributed by atoms with Gasteiger partial charge in [0.2, 0.25) is 0 Å². The quantitative estimate of drug-likeness (QED) is 0.433. The molecule has 1 saturated heterocycles. The second-order valence-electron chi connectivity index (χ2n) is 2.24. The predicted molar refractivity (Wildman–Crippen MR) is 33.9 cm³/mol. The Morgan fingerprint density at radius 1 is 1.40 bits per heavy atom. The maximum Gasteiger partial charge on any atom is 0.327 e. The molecule has 1 fully saturated rings. The highest BCUT2D eigenvalue weighted by molar-refractivity contribution is 6.03. The van der Waals surface area contributed by atoms with E-state index in [1.165, 1.54) is 19.0 Å². The van der Waals surface area contributed by atoms with Gasteiger partial charge in [0.15, 0.2) is 6.17 Å². The molecule has 2 N–H and O–H groups in total. The first-order valence-corrected chi connectivity index (χ1v) is 2.85. The topological polar surface area (TPSA) is 66.6 Å². The number of hydrogen-bond donors (Lipinski definition) is 1. The van der Waals surface area contributed by atoms with Crippen molar-refractivity contribution >= 4 is 11.9 Å². The molecule has 5 nitrogen and oxygen atoms in total. The van der Waals surface area contributed by atoms with Crippen LogP contribution in [-0.2, 0) is 4.79 Å². The van der Waals surface area contributed by atoms with E-state index in [0.717, 1.165) is 4.90 Å². The van der Waals surface area contributed by atoms with Crippen molar-refractivity contribution in [2.75, 3.05) is 14.1 Å². The van der Waals surface area contributed by atoms with Gasteiger partial charge in [-0.25, -0.2) is 4.79 Å². The van der Waals surface area contributed by atoms with Gasteiger partial charge < -0.3 is 10.6 Å². The first-order valence-electron chi connectivity index (χ1n) is 2.85. The van der Waals surface area contributed by atoms with Gasteiger partial charge in [0.1, 0.15) is 0 Å². The number of amides is 3. The SMILES string of the molecule is CN1C(=O)C(N)N(C)C1=O. The summed E-state index contributed by atoms with van der Waals surface area (Å²) in [4.78, 5) is 23.9. The molecular formula is C5H9N3O2. The van der Waals surface area contributed by atoms with E-state index >= 15 is 0 Å². The van der Waals surface area contributed by atoms with Crippen LogP contribution in [0.4, 0.5) is 4.79 Å². The maximum absolute atomic E-state index is 10.9. The molecule has 1 atom stereocenters. The molecule has 3 amide bonds. The molecule has 5 heteroatoms. The number of nitrogens with zero attached hydrogens (tertiary/aromatic N) is 2. The zero-order valence-corrected chi connectivity index (χ0v) is 5.87. The second kappa shape index (κ2) is 1.95. The molecule has 56 valence electrons. The van der Waals surface area contributed by atoms with Gasteiger partial charge in [0, 0.05) is 14.1 Å². The van der Waals surface area contributed by atoms with E-state index in [-0.39, 0.29) is 11.9 Å². The van der Waals surface area contributed by atoms with Crippen LogP contribution in [0, 0.1) is 0 Å². The summed E-state index contributed by atoms with van der Waals surface area (Å²) in [5, 5.41) is 0. The summed E-state index contributed by atoms with van der Waals surface area (Å²) in [6, 6.07) is -0.350. The van der Waals surface area contributed by atoms with E-state index in [1.54, 1.807) is 0 Å². The molecule has 0 saturated carbocycles. The van der Waals surface area contributed by atoms with Crippen molar-refractivity contribution < 1.29 is 9.59 Å². The van der Waals surface area contributed by atoms with Crippen molar-refractivity contribution in [2.45, 2.75) is 6.17 Å². The molecule has 0 spiro atoms. The third-order valence-corrected chi connectivity index (χ3v) is 1.59. The summed E-state index contributed by atoms with van der Waals surface area (Å²) in [5.41, 5.74) is 5.32. The molecule has 0 radical (unpaired) electrons. The van der Waals surface area contributed by atoms with Crippen LogP contribution in [0.15, 0.2) is 0 Å². The fraction of sp³-hybridized carbons (Fsp3) is 0.600. The summed E-state index contributed by atoms with van der Waals surface area (Å²) in [5.74, 6) is -0.354. The normalized spacial score (nSPS) is 26.5. The number of carbonyl (C=O) groups excluding carboxylic acids is 2. The van der Waals surface area contributed by atoms with Gasteiger partial charge in [-0.1, -0.05) is 0 Å². The fourth-order valence-corrected chi connectivity index (χ4v) is 0.814. The van der Waals surface area contributed by atoms with Crippen LogP contribution < -0.4 is 5.73 Å². The number of carbonyl (C=O) groups is 2. The molecule has 0 aromatic heterocycles. The molecule has 10 heavy (non-hydrogen) atoms. The van der Waals surface area contributed by atoms with Gasteiger partial charge in [-0.3, -0.25) is 9.69 Å². The van der Waals surface area contributed by atoms with Gasteiger partial charge in [-0.05, 0) is 0 Å². The first-order chi connectivity index (χ1) is 4.55. The molecule has 1 unspecified atom stereocenters. The number of imide groups is 1. The highest BCUT2D eigenvalue weighted by Gasteiger charge is 2.37. The van der Waals surface area contributed by atoms with Crippen molar-refractivity contribution in [3.63, 3.8) is 0 Å². The Balaban J connectivity index is 2.89. The molecule has 1 rings (SSSR count). The van der Waals surface area contributed by atoms with E-state index in [0.29, 0.717) is 0 Å².